The summed E-state index contributed by atoms with van der Waals surface area (Å²) in [5.41, 5.74) is 2.98. The number of aromatic hydroxyl groups is 1. The van der Waals surface area contributed by atoms with Gasteiger partial charge >= 0.3 is 0 Å². The molecule has 3 rings (SSSR count). The molecule has 0 bridgehead atoms. The minimum absolute atomic E-state index is 0. The second kappa shape index (κ2) is 6.18. The van der Waals surface area contributed by atoms with Gasteiger partial charge in [0, 0.05) is 6.04 Å². The van der Waals surface area contributed by atoms with Gasteiger partial charge in [-0.2, -0.15) is 0 Å². The summed E-state index contributed by atoms with van der Waals surface area (Å²) in [6.07, 6.45) is 5.04. The minimum Gasteiger partial charge on any atom is -0.508 e. The van der Waals surface area contributed by atoms with Crippen LogP contribution in [0.2, 0.25) is 0 Å². The van der Waals surface area contributed by atoms with E-state index >= 15 is 0 Å². The zero-order chi connectivity index (χ0) is 14.3. The number of benzene rings is 1. The van der Waals surface area contributed by atoms with E-state index in [-0.39, 0.29) is 17.8 Å². The molecular formula is C18H28ClNO. The predicted octanol–water partition coefficient (Wildman–Crippen LogP) is 4.14. The first kappa shape index (κ1) is 16.6. The number of halogens is 1. The quantitative estimate of drug-likeness (QED) is 0.887. The summed E-state index contributed by atoms with van der Waals surface area (Å²) in [6, 6.07) is 6.68. The highest BCUT2D eigenvalue weighted by molar-refractivity contribution is 5.85. The molecule has 1 N–H and O–H groups in total. The van der Waals surface area contributed by atoms with Crippen molar-refractivity contribution in [3.05, 3.63) is 29.3 Å². The first-order valence-electron chi connectivity index (χ1n) is 8.10. The maximum Gasteiger partial charge on any atom is 0.115 e. The van der Waals surface area contributed by atoms with Gasteiger partial charge in [0.05, 0.1) is 0 Å². The van der Waals surface area contributed by atoms with Crippen molar-refractivity contribution in [1.29, 1.82) is 0 Å². The number of likely N-dealkylation sites (tertiary alicyclic amines) is 1. The molecule has 0 aromatic heterocycles. The third-order valence-electron chi connectivity index (χ3n) is 5.55. The first-order valence-corrected chi connectivity index (χ1v) is 8.10. The summed E-state index contributed by atoms with van der Waals surface area (Å²) in [7, 11) is 0. The number of fused-ring (bicyclic) bond motifs is 2. The number of hydrogen-bond donors (Lipinski definition) is 1. The number of phenols is 1. The summed E-state index contributed by atoms with van der Waals surface area (Å²) in [6.45, 7) is 9.52. The van der Waals surface area contributed by atoms with E-state index in [0.29, 0.717) is 11.8 Å². The van der Waals surface area contributed by atoms with Gasteiger partial charge < -0.3 is 5.11 Å². The number of piperidine rings is 1. The molecule has 0 unspecified atom stereocenters. The summed E-state index contributed by atoms with van der Waals surface area (Å²) >= 11 is 0. The molecular weight excluding hydrogens is 282 g/mol. The highest BCUT2D eigenvalue weighted by Gasteiger charge is 2.45. The molecule has 1 aromatic rings. The molecule has 1 fully saturated rings. The van der Waals surface area contributed by atoms with Crippen LogP contribution in [-0.2, 0) is 11.8 Å². The zero-order valence-corrected chi connectivity index (χ0v) is 14.2. The molecule has 118 valence electrons. The van der Waals surface area contributed by atoms with Crippen molar-refractivity contribution in [3.63, 3.8) is 0 Å². The van der Waals surface area contributed by atoms with Gasteiger partial charge in [-0.1, -0.05) is 26.8 Å². The Bertz CT molecular complexity index is 498. The molecule has 1 aliphatic carbocycles. The predicted molar refractivity (Wildman–Crippen MR) is 90.5 cm³/mol. The molecule has 0 amide bonds. The molecule has 1 aliphatic heterocycles. The van der Waals surface area contributed by atoms with Crippen LogP contribution >= 0.6 is 12.4 Å². The van der Waals surface area contributed by atoms with E-state index < -0.39 is 0 Å². The van der Waals surface area contributed by atoms with E-state index in [2.05, 4.69) is 31.7 Å². The fourth-order valence-corrected chi connectivity index (χ4v) is 4.57. The topological polar surface area (TPSA) is 23.5 Å². The van der Waals surface area contributed by atoms with Crippen molar-refractivity contribution in [2.75, 3.05) is 13.1 Å². The lowest BCUT2D eigenvalue weighted by atomic mass is 9.60. The van der Waals surface area contributed by atoms with E-state index in [4.69, 9.17) is 0 Å². The fourth-order valence-electron chi connectivity index (χ4n) is 4.57. The zero-order valence-electron chi connectivity index (χ0n) is 13.4. The monoisotopic (exact) mass is 309 g/mol. The van der Waals surface area contributed by atoms with Gasteiger partial charge in [-0.3, -0.25) is 4.90 Å². The molecule has 1 saturated heterocycles. The second-order valence-electron chi connectivity index (χ2n) is 7.12. The third-order valence-corrected chi connectivity index (χ3v) is 5.55. The van der Waals surface area contributed by atoms with E-state index in [9.17, 15) is 5.11 Å². The van der Waals surface area contributed by atoms with Crippen LogP contribution in [0.3, 0.4) is 0 Å². The molecule has 2 atom stereocenters. The number of phenolic OH excluding ortho intramolecular Hbond substituents is 1. The van der Waals surface area contributed by atoms with Gasteiger partial charge in [-0.25, -0.2) is 0 Å². The van der Waals surface area contributed by atoms with Crippen molar-refractivity contribution in [1.82, 2.24) is 4.90 Å². The maximum atomic E-state index is 9.84. The van der Waals surface area contributed by atoms with E-state index in [1.165, 1.54) is 43.5 Å². The largest absolute Gasteiger partial charge is 0.508 e. The van der Waals surface area contributed by atoms with Crippen LogP contribution in [0.15, 0.2) is 18.2 Å². The number of rotatable bonds is 2. The Balaban J connectivity index is 0.00000161. The Labute approximate surface area is 135 Å². The van der Waals surface area contributed by atoms with Crippen LogP contribution < -0.4 is 0 Å². The minimum atomic E-state index is 0. The second-order valence-corrected chi connectivity index (χ2v) is 7.12. The molecule has 0 saturated carbocycles. The third kappa shape index (κ3) is 2.80. The highest BCUT2D eigenvalue weighted by Crippen LogP contribution is 2.47. The van der Waals surface area contributed by atoms with Crippen LogP contribution in [0.25, 0.3) is 0 Å². The molecule has 21 heavy (non-hydrogen) atoms. The van der Waals surface area contributed by atoms with Crippen molar-refractivity contribution in [3.8, 4) is 5.75 Å². The number of hydrogen-bond acceptors (Lipinski definition) is 2. The average molecular weight is 310 g/mol. The normalized spacial score (nSPS) is 27.4. The maximum absolute atomic E-state index is 9.84. The Morgan fingerprint density at radius 2 is 2.10 bits per heavy atom. The van der Waals surface area contributed by atoms with E-state index in [1.807, 2.05) is 12.1 Å². The molecule has 2 aliphatic rings. The fraction of sp³-hybridized carbons (Fsp3) is 0.667. The molecule has 2 nitrogen and oxygen atoms in total. The number of nitrogens with zero attached hydrogens (tertiary/aromatic N) is 1. The smallest absolute Gasteiger partial charge is 0.115 e. The van der Waals surface area contributed by atoms with Crippen molar-refractivity contribution >= 4 is 12.4 Å². The van der Waals surface area contributed by atoms with E-state index in [0.717, 1.165) is 12.3 Å². The van der Waals surface area contributed by atoms with Crippen molar-refractivity contribution < 1.29 is 5.11 Å². The van der Waals surface area contributed by atoms with Crippen molar-refractivity contribution in [2.24, 2.45) is 5.92 Å². The first-order chi connectivity index (χ1) is 9.54. The Morgan fingerprint density at radius 1 is 1.33 bits per heavy atom. The Kier molecular flexibility index (Phi) is 4.89. The Hall–Kier alpha value is -0.730. The summed E-state index contributed by atoms with van der Waals surface area (Å²) in [5, 5.41) is 9.84. The molecule has 0 radical (unpaired) electrons. The summed E-state index contributed by atoms with van der Waals surface area (Å²) in [4.78, 5) is 2.71. The SMILES string of the molecule is CCCN1CCC[C@@H]2[C@H]1Cc1ccc(O)cc1C2(C)C.Cl. The molecule has 1 aromatic carbocycles. The summed E-state index contributed by atoms with van der Waals surface area (Å²) in [5.74, 6) is 1.13. The van der Waals surface area contributed by atoms with Gasteiger partial charge in [0.25, 0.3) is 0 Å². The van der Waals surface area contributed by atoms with Gasteiger partial charge in [-0.05, 0) is 73.4 Å². The van der Waals surface area contributed by atoms with Gasteiger partial charge in [-0.15, -0.1) is 12.4 Å². The van der Waals surface area contributed by atoms with Gasteiger partial charge in [0.1, 0.15) is 5.75 Å². The van der Waals surface area contributed by atoms with Crippen LogP contribution in [0.5, 0.6) is 5.75 Å². The van der Waals surface area contributed by atoms with Crippen LogP contribution in [0, 0.1) is 5.92 Å². The average Bonchev–Trinajstić information content (AvgIpc) is 2.41. The summed E-state index contributed by atoms with van der Waals surface area (Å²) < 4.78 is 0. The van der Waals surface area contributed by atoms with Crippen LogP contribution in [0.1, 0.15) is 51.2 Å². The standard InChI is InChI=1S/C18H27NO.ClH/c1-4-9-19-10-5-6-15-17(19)11-13-7-8-14(20)12-16(13)18(15,2)3;/h7-8,12,15,17,20H,4-6,9-11H2,1-3H3;1H/t15-,17-;/m1./s1. The lowest BCUT2D eigenvalue weighted by molar-refractivity contribution is 0.0442. The molecule has 1 heterocycles. The van der Waals surface area contributed by atoms with Gasteiger partial charge in [0.2, 0.25) is 0 Å². The Morgan fingerprint density at radius 3 is 2.81 bits per heavy atom. The van der Waals surface area contributed by atoms with Crippen LogP contribution in [-0.4, -0.2) is 29.1 Å². The highest BCUT2D eigenvalue weighted by atomic mass is 35.5. The van der Waals surface area contributed by atoms with Gasteiger partial charge in [0.15, 0.2) is 0 Å². The van der Waals surface area contributed by atoms with Crippen LogP contribution in [0.4, 0.5) is 0 Å². The lowest BCUT2D eigenvalue weighted by Crippen LogP contribution is -2.55. The molecule has 3 heteroatoms. The van der Waals surface area contributed by atoms with Crippen molar-refractivity contribution in [2.45, 2.75) is 57.9 Å². The molecule has 0 spiro atoms. The lowest BCUT2D eigenvalue weighted by Gasteiger charge is -2.52. The van der Waals surface area contributed by atoms with E-state index in [1.54, 1.807) is 0 Å².